The van der Waals surface area contributed by atoms with Gasteiger partial charge >= 0.3 is 5.97 Å². The minimum absolute atomic E-state index is 0.0796. The van der Waals surface area contributed by atoms with Gasteiger partial charge in [-0.15, -0.1) is 0 Å². The van der Waals surface area contributed by atoms with Crippen LogP contribution in [0.25, 0.3) is 0 Å². The number of benzene rings is 2. The van der Waals surface area contributed by atoms with Gasteiger partial charge in [-0.05, 0) is 86.8 Å². The third-order valence-electron chi connectivity index (χ3n) is 6.63. The number of amides is 1. The number of rotatable bonds is 10. The molecule has 0 saturated heterocycles. The summed E-state index contributed by atoms with van der Waals surface area (Å²) in [6.07, 6.45) is 4.94. The van der Waals surface area contributed by atoms with Crippen LogP contribution in [0.4, 0.5) is 4.39 Å². The molecule has 2 fully saturated rings. The van der Waals surface area contributed by atoms with E-state index in [2.05, 4.69) is 5.32 Å². The van der Waals surface area contributed by atoms with Gasteiger partial charge in [0.1, 0.15) is 0 Å². The largest absolute Gasteiger partial charge is 0.487 e. The first kappa shape index (κ1) is 23.9. The molecule has 0 bridgehead atoms. The van der Waals surface area contributed by atoms with Crippen LogP contribution in [-0.4, -0.2) is 35.4 Å². The summed E-state index contributed by atoms with van der Waals surface area (Å²) in [6, 6.07) is 11.9. The van der Waals surface area contributed by atoms with Crippen LogP contribution in [-0.2, 0) is 4.79 Å². The van der Waals surface area contributed by atoms with Crippen molar-refractivity contribution in [3.8, 4) is 5.75 Å². The first-order valence-electron chi connectivity index (χ1n) is 12.0. The van der Waals surface area contributed by atoms with Crippen molar-refractivity contribution in [2.24, 2.45) is 5.92 Å². The van der Waals surface area contributed by atoms with Crippen LogP contribution < -0.4 is 10.1 Å². The highest BCUT2D eigenvalue weighted by Crippen LogP contribution is 2.40. The van der Waals surface area contributed by atoms with Gasteiger partial charge in [-0.25, -0.2) is 4.39 Å². The molecule has 2 aliphatic rings. The zero-order chi connectivity index (χ0) is 24.1. The Kier molecular flexibility index (Phi) is 7.60. The molecule has 7 heteroatoms. The number of carboxylic acids is 1. The Balaban J connectivity index is 1.21. The Bertz CT molecular complexity index is 1060. The number of hydrogen-bond acceptors (Lipinski definition) is 4. The number of Topliss-reactive ketones (excluding diaryl/α,β-unsaturated/α-hetero) is 1. The van der Waals surface area contributed by atoms with Crippen molar-refractivity contribution < 1.29 is 28.6 Å². The maximum atomic E-state index is 14.5. The molecule has 2 aromatic carbocycles. The van der Waals surface area contributed by atoms with Crippen LogP contribution in [0.3, 0.4) is 0 Å². The lowest BCUT2D eigenvalue weighted by Crippen LogP contribution is -2.28. The highest BCUT2D eigenvalue weighted by Gasteiger charge is 2.27. The lowest BCUT2D eigenvalue weighted by Gasteiger charge is -2.27. The van der Waals surface area contributed by atoms with Crippen LogP contribution in [0.1, 0.15) is 83.6 Å². The summed E-state index contributed by atoms with van der Waals surface area (Å²) in [5.41, 5.74) is 2.10. The zero-order valence-corrected chi connectivity index (χ0v) is 19.1. The average Bonchev–Trinajstić information content (AvgIpc) is 3.69. The SMILES string of the molecule is O=C(CCCNC(=O)c1cccc(C2CC2)c1)c1ccc(OC2CCC(C(=O)O)CC2)c(F)c1. The smallest absolute Gasteiger partial charge is 0.306 e. The van der Waals surface area contributed by atoms with Gasteiger partial charge in [-0.3, -0.25) is 14.4 Å². The number of carbonyl (C=O) groups excluding carboxylic acids is 2. The van der Waals surface area contributed by atoms with Crippen molar-refractivity contribution in [1.29, 1.82) is 0 Å². The van der Waals surface area contributed by atoms with Crippen LogP contribution in [0.15, 0.2) is 42.5 Å². The lowest BCUT2D eigenvalue weighted by atomic mass is 9.87. The van der Waals surface area contributed by atoms with Gasteiger partial charge in [0, 0.05) is 24.1 Å². The number of ether oxygens (including phenoxy) is 1. The molecule has 2 N–H and O–H groups in total. The second-order valence-electron chi connectivity index (χ2n) is 9.26. The van der Waals surface area contributed by atoms with Crippen molar-refractivity contribution in [3.63, 3.8) is 0 Å². The summed E-state index contributed by atoms with van der Waals surface area (Å²) in [6.45, 7) is 0.362. The molecule has 0 heterocycles. The van der Waals surface area contributed by atoms with E-state index in [0.717, 1.165) is 0 Å². The van der Waals surface area contributed by atoms with E-state index < -0.39 is 11.8 Å². The van der Waals surface area contributed by atoms with Crippen LogP contribution >= 0.6 is 0 Å². The number of ketones is 1. The van der Waals surface area contributed by atoms with E-state index in [1.165, 1.54) is 30.5 Å². The Labute approximate surface area is 198 Å². The lowest BCUT2D eigenvalue weighted by molar-refractivity contribution is -0.143. The van der Waals surface area contributed by atoms with E-state index in [4.69, 9.17) is 9.84 Å². The van der Waals surface area contributed by atoms with E-state index in [1.807, 2.05) is 18.2 Å². The Morgan fingerprint density at radius 2 is 1.74 bits per heavy atom. The first-order valence-corrected chi connectivity index (χ1v) is 12.0. The number of nitrogens with one attached hydrogen (secondary N) is 1. The molecule has 2 aliphatic carbocycles. The van der Waals surface area contributed by atoms with Crippen LogP contribution in [0.2, 0.25) is 0 Å². The van der Waals surface area contributed by atoms with Gasteiger partial charge in [-0.1, -0.05) is 12.1 Å². The fraction of sp³-hybridized carbons (Fsp3) is 0.444. The highest BCUT2D eigenvalue weighted by molar-refractivity contribution is 5.96. The molecule has 0 aromatic heterocycles. The standard InChI is InChI=1S/C27H30FNO5/c28-23-16-20(10-13-25(23)34-22-11-8-18(9-12-22)27(32)33)24(30)5-2-14-29-26(31)21-4-1-3-19(15-21)17-6-7-17/h1,3-4,10,13,15-18,22H,2,5-9,11-12,14H2,(H,29,31)(H,32,33). The topological polar surface area (TPSA) is 92.7 Å². The zero-order valence-electron chi connectivity index (χ0n) is 19.1. The summed E-state index contributed by atoms with van der Waals surface area (Å²) < 4.78 is 20.2. The fourth-order valence-corrected chi connectivity index (χ4v) is 4.42. The van der Waals surface area contributed by atoms with Crippen LogP contribution in [0.5, 0.6) is 5.75 Å². The summed E-state index contributed by atoms with van der Waals surface area (Å²) in [5.74, 6) is -1.45. The quantitative estimate of drug-likeness (QED) is 0.374. The number of carboxylic acid groups (broad SMARTS) is 1. The molecule has 2 aromatic rings. The second-order valence-corrected chi connectivity index (χ2v) is 9.26. The number of hydrogen-bond donors (Lipinski definition) is 2. The Morgan fingerprint density at radius 1 is 0.971 bits per heavy atom. The third-order valence-corrected chi connectivity index (χ3v) is 6.63. The van der Waals surface area contributed by atoms with Crippen molar-refractivity contribution >= 4 is 17.7 Å². The van der Waals surface area contributed by atoms with Gasteiger partial charge in [0.05, 0.1) is 12.0 Å². The molecular formula is C27H30FNO5. The number of aliphatic carboxylic acids is 1. The predicted octanol–water partition coefficient (Wildman–Crippen LogP) is 5.12. The van der Waals surface area contributed by atoms with E-state index in [-0.39, 0.29) is 41.4 Å². The van der Waals surface area contributed by atoms with Crippen LogP contribution in [0, 0.1) is 11.7 Å². The van der Waals surface area contributed by atoms with Gasteiger partial charge in [-0.2, -0.15) is 0 Å². The van der Waals surface area contributed by atoms with Gasteiger partial charge < -0.3 is 15.2 Å². The van der Waals surface area contributed by atoms with Crippen molar-refractivity contribution in [3.05, 3.63) is 65.0 Å². The maximum Gasteiger partial charge on any atom is 0.306 e. The average molecular weight is 468 g/mol. The first-order chi connectivity index (χ1) is 16.4. The monoisotopic (exact) mass is 467 g/mol. The second kappa shape index (κ2) is 10.8. The molecular weight excluding hydrogens is 437 g/mol. The van der Waals surface area contributed by atoms with Crippen molar-refractivity contribution in [1.82, 2.24) is 5.32 Å². The molecule has 1 amide bonds. The van der Waals surface area contributed by atoms with Gasteiger partial charge in [0.2, 0.25) is 0 Å². The Morgan fingerprint density at radius 3 is 2.41 bits per heavy atom. The molecule has 2 saturated carbocycles. The molecule has 0 aliphatic heterocycles. The molecule has 0 radical (unpaired) electrons. The summed E-state index contributed by atoms with van der Waals surface area (Å²) in [5, 5.41) is 11.9. The normalized spacial score (nSPS) is 19.9. The molecule has 4 rings (SSSR count). The van der Waals surface area contributed by atoms with E-state index in [1.54, 1.807) is 12.1 Å². The van der Waals surface area contributed by atoms with Crippen molar-refractivity contribution in [2.45, 2.75) is 63.4 Å². The summed E-state index contributed by atoms with van der Waals surface area (Å²) >= 11 is 0. The molecule has 180 valence electrons. The molecule has 6 nitrogen and oxygen atoms in total. The molecule has 34 heavy (non-hydrogen) atoms. The van der Waals surface area contributed by atoms with Gasteiger partial charge in [0.15, 0.2) is 17.3 Å². The summed E-state index contributed by atoms with van der Waals surface area (Å²) in [7, 11) is 0. The molecule has 0 atom stereocenters. The maximum absolute atomic E-state index is 14.5. The predicted molar refractivity (Wildman–Crippen MR) is 125 cm³/mol. The highest BCUT2D eigenvalue weighted by atomic mass is 19.1. The number of carbonyl (C=O) groups is 3. The van der Waals surface area contributed by atoms with E-state index in [0.29, 0.717) is 50.1 Å². The van der Waals surface area contributed by atoms with E-state index >= 15 is 0 Å². The summed E-state index contributed by atoms with van der Waals surface area (Å²) in [4.78, 5) is 35.9. The molecule has 0 unspecified atom stereocenters. The number of halogens is 1. The molecule has 0 spiro atoms. The van der Waals surface area contributed by atoms with Gasteiger partial charge in [0.25, 0.3) is 5.91 Å². The van der Waals surface area contributed by atoms with E-state index in [9.17, 15) is 18.8 Å². The Hall–Kier alpha value is -3.22. The minimum atomic E-state index is -0.796. The van der Waals surface area contributed by atoms with Crippen molar-refractivity contribution in [2.75, 3.05) is 6.54 Å². The fourth-order valence-electron chi connectivity index (χ4n) is 4.42. The minimum Gasteiger partial charge on any atom is -0.487 e. The third kappa shape index (κ3) is 6.22.